The van der Waals surface area contributed by atoms with Gasteiger partial charge in [-0.1, -0.05) is 35.0 Å². The van der Waals surface area contributed by atoms with Crippen LogP contribution in [0.5, 0.6) is 5.75 Å². The van der Waals surface area contributed by atoms with E-state index < -0.39 is 0 Å². The van der Waals surface area contributed by atoms with Crippen molar-refractivity contribution in [3.63, 3.8) is 0 Å². The molecule has 0 unspecified atom stereocenters. The van der Waals surface area contributed by atoms with Crippen LogP contribution in [-0.4, -0.2) is 43.5 Å². The third kappa shape index (κ3) is 6.16. The monoisotopic (exact) mass is 419 g/mol. The predicted octanol–water partition coefficient (Wildman–Crippen LogP) is 3.36. The number of nitrogens with zero attached hydrogens (tertiary/aromatic N) is 1. The third-order valence-electron chi connectivity index (χ3n) is 3.69. The summed E-state index contributed by atoms with van der Waals surface area (Å²) in [6.07, 6.45) is 0. The van der Waals surface area contributed by atoms with Gasteiger partial charge < -0.3 is 15.4 Å². The maximum Gasteiger partial charge on any atom is 0.238 e. The van der Waals surface area contributed by atoms with Gasteiger partial charge in [-0.15, -0.1) is 0 Å². The van der Waals surface area contributed by atoms with Crippen molar-refractivity contribution in [3.05, 3.63) is 53.0 Å². The Bertz CT molecular complexity index is 750. The van der Waals surface area contributed by atoms with Gasteiger partial charge in [-0.05, 0) is 42.9 Å². The van der Waals surface area contributed by atoms with Crippen LogP contribution in [0.15, 0.2) is 53.0 Å². The molecule has 26 heavy (non-hydrogen) atoms. The van der Waals surface area contributed by atoms with Crippen LogP contribution in [0.25, 0.3) is 0 Å². The van der Waals surface area contributed by atoms with Crippen LogP contribution in [0.2, 0.25) is 0 Å². The van der Waals surface area contributed by atoms with E-state index in [-0.39, 0.29) is 24.9 Å². The molecule has 2 aromatic carbocycles. The number of halogens is 1. The fourth-order valence-corrected chi connectivity index (χ4v) is 2.62. The lowest BCUT2D eigenvalue weighted by Crippen LogP contribution is -2.38. The molecule has 0 aliphatic rings. The number of hydrogen-bond donors (Lipinski definition) is 2. The number of carbonyl (C=O) groups is 2. The highest BCUT2D eigenvalue weighted by molar-refractivity contribution is 9.10. The first-order valence-corrected chi connectivity index (χ1v) is 9.01. The van der Waals surface area contributed by atoms with E-state index >= 15 is 0 Å². The molecule has 0 atom stereocenters. The van der Waals surface area contributed by atoms with Crippen molar-refractivity contribution in [2.24, 2.45) is 0 Å². The Morgan fingerprint density at radius 1 is 1.00 bits per heavy atom. The van der Waals surface area contributed by atoms with E-state index in [0.717, 1.165) is 4.47 Å². The number of likely N-dealkylation sites (N-methyl/N-ethyl adjacent to an activating group) is 1. The van der Waals surface area contributed by atoms with E-state index in [1.807, 2.05) is 43.3 Å². The van der Waals surface area contributed by atoms with Crippen molar-refractivity contribution in [1.29, 1.82) is 0 Å². The minimum atomic E-state index is -0.201. The van der Waals surface area contributed by atoms with Gasteiger partial charge in [-0.2, -0.15) is 0 Å². The maximum atomic E-state index is 12.3. The first kappa shape index (κ1) is 19.9. The van der Waals surface area contributed by atoms with Gasteiger partial charge in [0, 0.05) is 10.2 Å². The highest BCUT2D eigenvalue weighted by Gasteiger charge is 2.14. The van der Waals surface area contributed by atoms with Gasteiger partial charge >= 0.3 is 0 Å². The standard InChI is InChI=1S/C19H22BrN3O3/c1-3-23(12-18(24)21-15-10-8-14(20)9-11-15)13-19(25)22-16-6-4-5-7-17(16)26-2/h4-11H,3,12-13H2,1-2H3,(H,21,24)(H,22,25). The van der Waals surface area contributed by atoms with E-state index in [0.29, 0.717) is 23.7 Å². The molecule has 0 radical (unpaired) electrons. The van der Waals surface area contributed by atoms with Crippen LogP contribution in [0.3, 0.4) is 0 Å². The Balaban J connectivity index is 1.88. The number of ether oxygens (including phenoxy) is 1. The van der Waals surface area contributed by atoms with E-state index in [4.69, 9.17) is 4.74 Å². The Morgan fingerprint density at radius 2 is 1.62 bits per heavy atom. The molecule has 2 N–H and O–H groups in total. The molecule has 2 amide bonds. The van der Waals surface area contributed by atoms with Gasteiger partial charge in [0.1, 0.15) is 5.75 Å². The zero-order chi connectivity index (χ0) is 18.9. The average Bonchev–Trinajstić information content (AvgIpc) is 2.63. The van der Waals surface area contributed by atoms with Crippen LogP contribution in [0, 0.1) is 0 Å². The van der Waals surface area contributed by atoms with Gasteiger partial charge in [-0.3, -0.25) is 14.5 Å². The first-order chi connectivity index (χ1) is 12.5. The summed E-state index contributed by atoms with van der Waals surface area (Å²) in [6, 6.07) is 14.5. The van der Waals surface area contributed by atoms with Crippen LogP contribution in [0.4, 0.5) is 11.4 Å². The number of methoxy groups -OCH3 is 1. The molecule has 0 fully saturated rings. The van der Waals surface area contributed by atoms with Crippen molar-refractivity contribution < 1.29 is 14.3 Å². The molecule has 0 spiro atoms. The molecule has 0 aromatic heterocycles. The SMILES string of the molecule is CCN(CC(=O)Nc1ccc(Br)cc1)CC(=O)Nc1ccccc1OC. The largest absolute Gasteiger partial charge is 0.495 e. The van der Waals surface area contributed by atoms with E-state index in [1.165, 1.54) is 0 Å². The molecule has 0 saturated carbocycles. The fraction of sp³-hybridized carbons (Fsp3) is 0.263. The quantitative estimate of drug-likeness (QED) is 0.687. The summed E-state index contributed by atoms with van der Waals surface area (Å²) in [5, 5.41) is 5.63. The number of nitrogens with one attached hydrogen (secondary N) is 2. The molecule has 0 bridgehead atoms. The molecule has 6 nitrogen and oxygen atoms in total. The number of amides is 2. The van der Waals surface area contributed by atoms with E-state index in [9.17, 15) is 9.59 Å². The summed E-state index contributed by atoms with van der Waals surface area (Å²) in [5.74, 6) is 0.226. The lowest BCUT2D eigenvalue weighted by Gasteiger charge is -2.19. The summed E-state index contributed by atoms with van der Waals surface area (Å²) in [4.78, 5) is 26.2. The number of para-hydroxylation sites is 2. The first-order valence-electron chi connectivity index (χ1n) is 8.22. The summed E-state index contributed by atoms with van der Waals surface area (Å²) >= 11 is 3.35. The molecule has 7 heteroatoms. The summed E-state index contributed by atoms with van der Waals surface area (Å²) in [5.41, 5.74) is 1.32. The molecule has 0 heterocycles. The Labute approximate surface area is 161 Å². The smallest absolute Gasteiger partial charge is 0.238 e. The van der Waals surface area contributed by atoms with Crippen LogP contribution < -0.4 is 15.4 Å². The highest BCUT2D eigenvalue weighted by atomic mass is 79.9. The second kappa shape index (κ2) is 9.94. The van der Waals surface area contributed by atoms with Crippen molar-refractivity contribution in [1.82, 2.24) is 4.90 Å². The Hall–Kier alpha value is -2.38. The van der Waals surface area contributed by atoms with Crippen molar-refractivity contribution in [2.75, 3.05) is 37.4 Å². The van der Waals surface area contributed by atoms with Gasteiger partial charge in [0.15, 0.2) is 0 Å². The molecule has 138 valence electrons. The summed E-state index contributed by atoms with van der Waals surface area (Å²) in [6.45, 7) is 2.73. The van der Waals surface area contributed by atoms with Gasteiger partial charge in [0.2, 0.25) is 11.8 Å². The third-order valence-corrected chi connectivity index (χ3v) is 4.22. The zero-order valence-corrected chi connectivity index (χ0v) is 16.4. The van der Waals surface area contributed by atoms with E-state index in [1.54, 1.807) is 24.1 Å². The number of benzene rings is 2. The molecule has 2 aromatic rings. The van der Waals surface area contributed by atoms with Crippen LogP contribution in [0.1, 0.15) is 6.92 Å². The molecule has 2 rings (SSSR count). The van der Waals surface area contributed by atoms with Crippen molar-refractivity contribution in [3.8, 4) is 5.75 Å². The van der Waals surface area contributed by atoms with Gasteiger partial charge in [-0.25, -0.2) is 0 Å². The number of rotatable bonds is 8. The molecule has 0 aliphatic carbocycles. The van der Waals surface area contributed by atoms with Crippen molar-refractivity contribution >= 4 is 39.1 Å². The van der Waals surface area contributed by atoms with Crippen LogP contribution in [-0.2, 0) is 9.59 Å². The average molecular weight is 420 g/mol. The molecule has 0 aliphatic heterocycles. The number of hydrogen-bond acceptors (Lipinski definition) is 4. The Kier molecular flexibility index (Phi) is 7.62. The Morgan fingerprint density at radius 3 is 2.23 bits per heavy atom. The van der Waals surface area contributed by atoms with Gasteiger partial charge in [0.25, 0.3) is 0 Å². The minimum Gasteiger partial charge on any atom is -0.495 e. The normalized spacial score (nSPS) is 10.5. The zero-order valence-electron chi connectivity index (χ0n) is 14.8. The number of anilines is 2. The second-order valence-corrected chi connectivity index (χ2v) is 6.52. The van der Waals surface area contributed by atoms with Crippen LogP contribution >= 0.6 is 15.9 Å². The topological polar surface area (TPSA) is 70.7 Å². The lowest BCUT2D eigenvalue weighted by atomic mass is 10.3. The van der Waals surface area contributed by atoms with Crippen molar-refractivity contribution in [2.45, 2.75) is 6.92 Å². The highest BCUT2D eigenvalue weighted by Crippen LogP contribution is 2.22. The molecular formula is C19H22BrN3O3. The van der Waals surface area contributed by atoms with E-state index in [2.05, 4.69) is 26.6 Å². The van der Waals surface area contributed by atoms with Gasteiger partial charge in [0.05, 0.1) is 25.9 Å². The fourth-order valence-electron chi connectivity index (χ4n) is 2.36. The molecular weight excluding hydrogens is 398 g/mol. The molecule has 0 saturated heterocycles. The summed E-state index contributed by atoms with van der Waals surface area (Å²) < 4.78 is 6.16. The summed E-state index contributed by atoms with van der Waals surface area (Å²) in [7, 11) is 1.55. The lowest BCUT2D eigenvalue weighted by molar-refractivity contribution is -0.119. The predicted molar refractivity (Wildman–Crippen MR) is 107 cm³/mol. The number of carbonyl (C=O) groups excluding carboxylic acids is 2. The second-order valence-electron chi connectivity index (χ2n) is 5.61. The minimum absolute atomic E-state index is 0.113. The maximum absolute atomic E-state index is 12.3.